The normalized spacial score (nSPS) is 14.2. The highest BCUT2D eigenvalue weighted by Crippen LogP contribution is 2.24. The van der Waals surface area contributed by atoms with Gasteiger partial charge < -0.3 is 14.2 Å². The lowest BCUT2D eigenvalue weighted by molar-refractivity contribution is -0.137. The van der Waals surface area contributed by atoms with Crippen molar-refractivity contribution in [3.8, 4) is 11.3 Å². The molecule has 6 heteroatoms. The Bertz CT molecular complexity index is 739. The third-order valence-corrected chi connectivity index (χ3v) is 4.64. The summed E-state index contributed by atoms with van der Waals surface area (Å²) in [6.45, 7) is 1.21. The Labute approximate surface area is 149 Å². The molecule has 0 bridgehead atoms. The third-order valence-electron chi connectivity index (χ3n) is 4.11. The zero-order valence-corrected chi connectivity index (χ0v) is 15.1. The van der Waals surface area contributed by atoms with Crippen LogP contribution in [0.25, 0.3) is 11.3 Å². The molecule has 2 aromatic rings. The number of halogens is 1. The Balaban J connectivity index is 1.60. The minimum atomic E-state index is -0.0770. The van der Waals surface area contributed by atoms with Crippen LogP contribution in [0.1, 0.15) is 18.6 Å². The van der Waals surface area contributed by atoms with E-state index in [1.165, 1.54) is 0 Å². The number of hydrogen-bond donors (Lipinski definition) is 0. The van der Waals surface area contributed by atoms with Gasteiger partial charge in [-0.2, -0.15) is 0 Å². The number of nitrogens with zero attached hydrogens (tertiary/aromatic N) is 2. The Morgan fingerprint density at radius 3 is 2.67 bits per heavy atom. The van der Waals surface area contributed by atoms with Crippen molar-refractivity contribution in [2.45, 2.75) is 19.4 Å². The van der Waals surface area contributed by atoms with Gasteiger partial charge in [0.15, 0.2) is 0 Å². The first kappa shape index (κ1) is 16.8. The summed E-state index contributed by atoms with van der Waals surface area (Å²) in [7, 11) is 1.73. The highest BCUT2D eigenvalue weighted by atomic mass is 79.9. The Hall–Kier alpha value is -2.08. The number of likely N-dealkylation sites (N-methyl/N-ethyl adjacent to an activating group) is 1. The molecular formula is C18H19BrN2O3. The van der Waals surface area contributed by atoms with E-state index in [-0.39, 0.29) is 18.4 Å². The zero-order valence-electron chi connectivity index (χ0n) is 13.5. The molecule has 1 aromatic heterocycles. The van der Waals surface area contributed by atoms with E-state index in [1.807, 2.05) is 36.4 Å². The van der Waals surface area contributed by atoms with Gasteiger partial charge in [-0.1, -0.05) is 28.1 Å². The molecule has 24 heavy (non-hydrogen) atoms. The number of carbonyl (C=O) groups is 2. The monoisotopic (exact) mass is 390 g/mol. The van der Waals surface area contributed by atoms with Crippen LogP contribution in [0, 0.1) is 0 Å². The van der Waals surface area contributed by atoms with Crippen molar-refractivity contribution in [3.05, 3.63) is 46.6 Å². The fourth-order valence-electron chi connectivity index (χ4n) is 2.71. The molecule has 2 heterocycles. The predicted octanol–water partition coefficient (Wildman–Crippen LogP) is 3.29. The first-order chi connectivity index (χ1) is 11.5. The lowest BCUT2D eigenvalue weighted by Gasteiger charge is -2.20. The zero-order chi connectivity index (χ0) is 17.1. The molecule has 2 amide bonds. The number of benzene rings is 1. The largest absolute Gasteiger partial charge is 0.459 e. The van der Waals surface area contributed by atoms with Crippen LogP contribution in [-0.2, 0) is 16.1 Å². The lowest BCUT2D eigenvalue weighted by Crippen LogP contribution is -2.38. The van der Waals surface area contributed by atoms with Gasteiger partial charge in [-0.15, -0.1) is 0 Å². The second-order valence-electron chi connectivity index (χ2n) is 5.94. The van der Waals surface area contributed by atoms with E-state index in [0.717, 1.165) is 28.0 Å². The van der Waals surface area contributed by atoms with E-state index < -0.39 is 0 Å². The first-order valence-corrected chi connectivity index (χ1v) is 8.68. The summed E-state index contributed by atoms with van der Waals surface area (Å²) in [4.78, 5) is 27.1. The molecule has 0 spiro atoms. The Morgan fingerprint density at radius 1 is 1.25 bits per heavy atom. The number of amides is 2. The molecule has 3 rings (SSSR count). The summed E-state index contributed by atoms with van der Waals surface area (Å²) < 4.78 is 6.85. The maximum Gasteiger partial charge on any atom is 0.242 e. The molecule has 5 nitrogen and oxygen atoms in total. The number of likely N-dealkylation sites (tertiary alicyclic amines) is 1. The number of furan rings is 1. The summed E-state index contributed by atoms with van der Waals surface area (Å²) >= 11 is 3.41. The van der Waals surface area contributed by atoms with Crippen molar-refractivity contribution in [2.75, 3.05) is 20.1 Å². The van der Waals surface area contributed by atoms with Gasteiger partial charge >= 0.3 is 0 Å². The highest BCUT2D eigenvalue weighted by molar-refractivity contribution is 9.10. The van der Waals surface area contributed by atoms with Gasteiger partial charge in [-0.05, 0) is 30.7 Å². The van der Waals surface area contributed by atoms with Crippen LogP contribution in [0.5, 0.6) is 0 Å². The van der Waals surface area contributed by atoms with Gasteiger partial charge in [0.2, 0.25) is 11.8 Å². The molecule has 1 aromatic carbocycles. The van der Waals surface area contributed by atoms with Crippen LogP contribution < -0.4 is 0 Å². The van der Waals surface area contributed by atoms with Crippen molar-refractivity contribution < 1.29 is 14.0 Å². The average molecular weight is 391 g/mol. The second kappa shape index (κ2) is 7.21. The van der Waals surface area contributed by atoms with Crippen LogP contribution in [0.2, 0.25) is 0 Å². The van der Waals surface area contributed by atoms with Crippen molar-refractivity contribution in [2.24, 2.45) is 0 Å². The van der Waals surface area contributed by atoms with Gasteiger partial charge in [0.25, 0.3) is 0 Å². The molecule has 1 saturated heterocycles. The molecule has 0 saturated carbocycles. The van der Waals surface area contributed by atoms with E-state index >= 15 is 0 Å². The highest BCUT2D eigenvalue weighted by Gasteiger charge is 2.24. The quantitative estimate of drug-likeness (QED) is 0.786. The van der Waals surface area contributed by atoms with Crippen molar-refractivity contribution >= 4 is 27.7 Å². The van der Waals surface area contributed by atoms with Crippen molar-refractivity contribution in [1.82, 2.24) is 9.80 Å². The van der Waals surface area contributed by atoms with Crippen LogP contribution in [0.15, 0.2) is 45.3 Å². The summed E-state index contributed by atoms with van der Waals surface area (Å²) in [5.41, 5.74) is 0.987. The SMILES string of the molecule is CN(Cc1ccc(-c2ccc(Br)cc2)o1)C(=O)CN1CCCC1=O. The summed E-state index contributed by atoms with van der Waals surface area (Å²) in [5, 5.41) is 0. The smallest absolute Gasteiger partial charge is 0.242 e. The molecule has 0 N–H and O–H groups in total. The van der Waals surface area contributed by atoms with E-state index in [4.69, 9.17) is 4.42 Å². The molecule has 0 atom stereocenters. The van der Waals surface area contributed by atoms with Gasteiger partial charge in [0.1, 0.15) is 11.5 Å². The Morgan fingerprint density at radius 2 is 2.00 bits per heavy atom. The molecular weight excluding hydrogens is 372 g/mol. The van der Waals surface area contributed by atoms with Gasteiger partial charge in [0, 0.05) is 30.0 Å². The number of carbonyl (C=O) groups excluding carboxylic acids is 2. The van der Waals surface area contributed by atoms with Crippen LogP contribution in [0.4, 0.5) is 0 Å². The molecule has 126 valence electrons. The summed E-state index contributed by atoms with van der Waals surface area (Å²) in [6.07, 6.45) is 1.39. The predicted molar refractivity (Wildman–Crippen MR) is 94.1 cm³/mol. The molecule has 1 aliphatic heterocycles. The Kier molecular flexibility index (Phi) is 5.04. The van der Waals surface area contributed by atoms with Gasteiger partial charge in [-0.3, -0.25) is 9.59 Å². The summed E-state index contributed by atoms with van der Waals surface area (Å²) in [5.74, 6) is 1.48. The second-order valence-corrected chi connectivity index (χ2v) is 6.86. The molecule has 0 unspecified atom stereocenters. The lowest BCUT2D eigenvalue weighted by atomic mass is 10.2. The average Bonchev–Trinajstić information content (AvgIpc) is 3.18. The topological polar surface area (TPSA) is 53.8 Å². The standard InChI is InChI=1S/C18H19BrN2O3/c1-20(18(23)12-21-10-2-3-17(21)22)11-15-8-9-16(24-15)13-4-6-14(19)7-5-13/h4-9H,2-3,10-12H2,1H3. The fourth-order valence-corrected chi connectivity index (χ4v) is 2.97. The maximum atomic E-state index is 12.2. The van der Waals surface area contributed by atoms with Crippen LogP contribution in [-0.4, -0.2) is 41.8 Å². The summed E-state index contributed by atoms with van der Waals surface area (Å²) in [6, 6.07) is 11.6. The van der Waals surface area contributed by atoms with E-state index in [0.29, 0.717) is 19.5 Å². The van der Waals surface area contributed by atoms with E-state index in [1.54, 1.807) is 16.8 Å². The van der Waals surface area contributed by atoms with Gasteiger partial charge in [0.05, 0.1) is 13.1 Å². The van der Waals surface area contributed by atoms with Crippen molar-refractivity contribution in [1.29, 1.82) is 0 Å². The molecule has 0 radical (unpaired) electrons. The minimum absolute atomic E-state index is 0.0623. The number of rotatable bonds is 5. The molecule has 1 fully saturated rings. The maximum absolute atomic E-state index is 12.2. The molecule has 0 aliphatic carbocycles. The number of hydrogen-bond acceptors (Lipinski definition) is 3. The van der Waals surface area contributed by atoms with E-state index in [9.17, 15) is 9.59 Å². The molecule has 1 aliphatic rings. The first-order valence-electron chi connectivity index (χ1n) is 7.89. The fraction of sp³-hybridized carbons (Fsp3) is 0.333. The minimum Gasteiger partial charge on any atom is -0.459 e. The third kappa shape index (κ3) is 3.87. The van der Waals surface area contributed by atoms with Crippen LogP contribution in [0.3, 0.4) is 0 Å². The van der Waals surface area contributed by atoms with Crippen molar-refractivity contribution in [3.63, 3.8) is 0 Å². The van der Waals surface area contributed by atoms with E-state index in [2.05, 4.69) is 15.9 Å². The van der Waals surface area contributed by atoms with Crippen LogP contribution >= 0.6 is 15.9 Å². The van der Waals surface area contributed by atoms with Gasteiger partial charge in [-0.25, -0.2) is 0 Å².